The molecule has 0 spiro atoms. The maximum Gasteiger partial charge on any atom is 0.303 e. The van der Waals surface area contributed by atoms with Crippen LogP contribution in [0.1, 0.15) is 23.2 Å². The molecule has 128 valence electrons. The van der Waals surface area contributed by atoms with Crippen LogP contribution in [0.2, 0.25) is 0 Å². The van der Waals surface area contributed by atoms with Crippen LogP contribution in [-0.4, -0.2) is 26.5 Å². The molecular weight excluding hydrogens is 342 g/mol. The maximum atomic E-state index is 12.5. The normalized spacial score (nSPS) is 10.9. The average molecular weight is 357 g/mol. The van der Waals surface area contributed by atoms with Gasteiger partial charge >= 0.3 is 5.97 Å². The molecule has 2 N–H and O–H groups in total. The number of carbonyl (C=O) groups is 2. The zero-order valence-corrected chi connectivity index (χ0v) is 14.2. The Labute approximate surface area is 146 Å². The molecule has 0 fully saturated rings. The number of fused-ring (bicyclic) bond motifs is 1. The Hall–Kier alpha value is -2.93. The van der Waals surface area contributed by atoms with Crippen molar-refractivity contribution < 1.29 is 19.8 Å². The number of hydrogen-bond acceptors (Lipinski definition) is 5. The summed E-state index contributed by atoms with van der Waals surface area (Å²) in [6, 6.07) is 7.20. The summed E-state index contributed by atoms with van der Waals surface area (Å²) in [7, 11) is 1.52. The number of aromatic hydroxyl groups is 1. The van der Waals surface area contributed by atoms with E-state index in [4.69, 9.17) is 5.11 Å². The molecule has 1 aromatic carbocycles. The lowest BCUT2D eigenvalue weighted by Gasteiger charge is -2.12. The summed E-state index contributed by atoms with van der Waals surface area (Å²) in [4.78, 5) is 35.4. The molecule has 7 heteroatoms. The number of carboxylic acid groups (broad SMARTS) is 1. The number of aryl methyl sites for hydroxylation is 1. The van der Waals surface area contributed by atoms with Crippen LogP contribution in [0.4, 0.5) is 0 Å². The first kappa shape index (κ1) is 16.9. The van der Waals surface area contributed by atoms with Crippen molar-refractivity contribution >= 4 is 34.0 Å². The van der Waals surface area contributed by atoms with E-state index in [0.29, 0.717) is 10.9 Å². The molecule has 0 aliphatic rings. The van der Waals surface area contributed by atoms with Crippen LogP contribution in [0.3, 0.4) is 0 Å². The second-order valence-corrected chi connectivity index (χ2v) is 6.43. The minimum absolute atomic E-state index is 0.337. The van der Waals surface area contributed by atoms with Gasteiger partial charge in [0.25, 0.3) is 5.56 Å². The summed E-state index contributed by atoms with van der Waals surface area (Å²) in [5.41, 5.74) is 1.40. The third kappa shape index (κ3) is 3.06. The van der Waals surface area contributed by atoms with E-state index in [1.807, 2.05) is 16.8 Å². The minimum Gasteiger partial charge on any atom is -0.506 e. The third-order valence-corrected chi connectivity index (χ3v) is 4.75. The number of rotatable bonds is 5. The molecule has 0 bridgehead atoms. The van der Waals surface area contributed by atoms with Gasteiger partial charge in [0.2, 0.25) is 0 Å². The fraction of sp³-hybridized carbons (Fsp3) is 0.167. The van der Waals surface area contributed by atoms with Crippen LogP contribution in [0.15, 0.2) is 39.8 Å². The molecule has 0 atom stereocenters. The summed E-state index contributed by atoms with van der Waals surface area (Å²) in [5.74, 6) is -2.21. The lowest BCUT2D eigenvalue weighted by molar-refractivity contribution is -0.136. The largest absolute Gasteiger partial charge is 0.506 e. The number of benzene rings is 1. The molecule has 2 heterocycles. The number of carboxylic acids is 1. The van der Waals surface area contributed by atoms with E-state index in [0.717, 1.165) is 11.1 Å². The highest BCUT2D eigenvalue weighted by Crippen LogP contribution is 2.31. The van der Waals surface area contributed by atoms with Crippen molar-refractivity contribution in [3.63, 3.8) is 0 Å². The van der Waals surface area contributed by atoms with E-state index in [9.17, 15) is 19.5 Å². The first-order valence-corrected chi connectivity index (χ1v) is 8.47. The van der Waals surface area contributed by atoms with Gasteiger partial charge in [-0.25, -0.2) is 0 Å². The highest BCUT2D eigenvalue weighted by Gasteiger charge is 2.21. The lowest BCUT2D eigenvalue weighted by Crippen LogP contribution is -2.25. The number of aliphatic carboxylic acids is 1. The number of aromatic nitrogens is 1. The van der Waals surface area contributed by atoms with E-state index in [-0.39, 0.29) is 12.0 Å². The van der Waals surface area contributed by atoms with Crippen LogP contribution in [0.25, 0.3) is 22.0 Å². The van der Waals surface area contributed by atoms with E-state index in [1.165, 1.54) is 11.6 Å². The highest BCUT2D eigenvalue weighted by molar-refractivity contribution is 7.08. The monoisotopic (exact) mass is 357 g/mol. The zero-order chi connectivity index (χ0) is 18.1. The molecule has 0 saturated carbocycles. The van der Waals surface area contributed by atoms with Gasteiger partial charge in [-0.2, -0.15) is 11.3 Å². The van der Waals surface area contributed by atoms with E-state index in [2.05, 4.69) is 0 Å². The summed E-state index contributed by atoms with van der Waals surface area (Å²) in [6.45, 7) is 0. The van der Waals surface area contributed by atoms with Gasteiger partial charge in [0, 0.05) is 18.9 Å². The van der Waals surface area contributed by atoms with Crippen molar-refractivity contribution in [1.29, 1.82) is 0 Å². The van der Waals surface area contributed by atoms with Gasteiger partial charge in [0.15, 0.2) is 5.78 Å². The number of carbonyl (C=O) groups excluding carboxylic acids is 1. The summed E-state index contributed by atoms with van der Waals surface area (Å²) in [6.07, 6.45) is -0.729. The zero-order valence-electron chi connectivity index (χ0n) is 13.4. The molecule has 0 aliphatic carbocycles. The fourth-order valence-electron chi connectivity index (χ4n) is 2.73. The summed E-state index contributed by atoms with van der Waals surface area (Å²) in [5, 5.41) is 23.4. The van der Waals surface area contributed by atoms with E-state index < -0.39 is 29.5 Å². The van der Waals surface area contributed by atoms with Gasteiger partial charge in [0.05, 0.1) is 11.9 Å². The fourth-order valence-corrected chi connectivity index (χ4v) is 3.39. The Morgan fingerprint density at radius 3 is 2.56 bits per heavy atom. The number of Topliss-reactive ketones (excluding diaryl/α,β-unsaturated/α-hetero) is 1. The van der Waals surface area contributed by atoms with Gasteiger partial charge in [-0.1, -0.05) is 6.07 Å². The van der Waals surface area contributed by atoms with Crippen LogP contribution in [-0.2, 0) is 11.8 Å². The van der Waals surface area contributed by atoms with Gasteiger partial charge < -0.3 is 14.8 Å². The molecule has 2 aromatic heterocycles. The smallest absolute Gasteiger partial charge is 0.303 e. The quantitative estimate of drug-likeness (QED) is 0.684. The lowest BCUT2D eigenvalue weighted by atomic mass is 10.0. The van der Waals surface area contributed by atoms with Crippen LogP contribution in [0.5, 0.6) is 5.75 Å². The molecular formula is C18H15NO5S. The van der Waals surface area contributed by atoms with Gasteiger partial charge in [0.1, 0.15) is 11.3 Å². The van der Waals surface area contributed by atoms with Crippen LogP contribution in [0, 0.1) is 0 Å². The Morgan fingerprint density at radius 1 is 1.16 bits per heavy atom. The van der Waals surface area contributed by atoms with Crippen LogP contribution < -0.4 is 5.56 Å². The van der Waals surface area contributed by atoms with Crippen molar-refractivity contribution in [2.45, 2.75) is 12.8 Å². The summed E-state index contributed by atoms with van der Waals surface area (Å²) < 4.78 is 1.30. The third-order valence-electron chi connectivity index (χ3n) is 4.07. The van der Waals surface area contributed by atoms with Crippen molar-refractivity contribution in [2.75, 3.05) is 0 Å². The second-order valence-electron chi connectivity index (χ2n) is 5.65. The molecule has 3 rings (SSSR count). The number of hydrogen-bond donors (Lipinski definition) is 2. The molecule has 0 amide bonds. The van der Waals surface area contributed by atoms with Crippen molar-refractivity contribution in [1.82, 2.24) is 4.57 Å². The second kappa shape index (κ2) is 6.52. The Bertz CT molecular complexity index is 1030. The Kier molecular flexibility index (Phi) is 4.41. The van der Waals surface area contributed by atoms with E-state index >= 15 is 0 Å². The molecule has 3 aromatic rings. The molecule has 6 nitrogen and oxygen atoms in total. The molecule has 0 aliphatic heterocycles. The van der Waals surface area contributed by atoms with Crippen LogP contribution >= 0.6 is 11.3 Å². The number of nitrogens with zero attached hydrogens (tertiary/aromatic N) is 1. The number of ketones is 1. The standard InChI is InChI=1S/C18H15NO5S/c1-19-13-8-10(11-6-7-25-9-11)2-3-12(13)17(23)16(18(19)24)14(20)4-5-15(21)22/h2-3,6-9,23H,4-5H2,1H3,(H,21,22). The molecule has 0 saturated heterocycles. The number of thiophene rings is 1. The van der Waals surface area contributed by atoms with Gasteiger partial charge in [-0.3, -0.25) is 14.4 Å². The van der Waals surface area contributed by atoms with Gasteiger partial charge in [-0.15, -0.1) is 0 Å². The first-order valence-electron chi connectivity index (χ1n) is 7.53. The molecule has 0 radical (unpaired) electrons. The highest BCUT2D eigenvalue weighted by atomic mass is 32.1. The Balaban J connectivity index is 2.16. The number of pyridine rings is 1. The average Bonchev–Trinajstić information content (AvgIpc) is 3.12. The summed E-state index contributed by atoms with van der Waals surface area (Å²) >= 11 is 1.55. The molecule has 0 unspecified atom stereocenters. The SMILES string of the molecule is Cn1c(=O)c(C(=O)CCC(=O)O)c(O)c2ccc(-c3ccsc3)cc21. The van der Waals surface area contributed by atoms with Crippen molar-refractivity contribution in [3.05, 3.63) is 50.9 Å². The van der Waals surface area contributed by atoms with Gasteiger partial charge in [-0.05, 0) is 40.1 Å². The van der Waals surface area contributed by atoms with E-state index in [1.54, 1.807) is 29.5 Å². The Morgan fingerprint density at radius 2 is 1.92 bits per heavy atom. The minimum atomic E-state index is -1.13. The first-order chi connectivity index (χ1) is 11.9. The maximum absolute atomic E-state index is 12.5. The topological polar surface area (TPSA) is 96.6 Å². The molecule has 25 heavy (non-hydrogen) atoms. The van der Waals surface area contributed by atoms with Crippen molar-refractivity contribution in [3.8, 4) is 16.9 Å². The van der Waals surface area contributed by atoms with Crippen molar-refractivity contribution in [2.24, 2.45) is 7.05 Å². The predicted octanol–water partition coefficient (Wildman–Crippen LogP) is 3.02. The predicted molar refractivity (Wildman–Crippen MR) is 95.4 cm³/mol.